The highest BCUT2D eigenvalue weighted by atomic mass is 16.6. The Kier molecular flexibility index (Phi) is 4.74. The summed E-state index contributed by atoms with van der Waals surface area (Å²) in [6.45, 7) is 6.26. The van der Waals surface area contributed by atoms with Crippen molar-refractivity contribution in [1.29, 1.82) is 0 Å². The minimum atomic E-state index is -0.305. The Morgan fingerprint density at radius 1 is 1.17 bits per heavy atom. The molecule has 6 nitrogen and oxygen atoms in total. The van der Waals surface area contributed by atoms with Crippen LogP contribution in [0.25, 0.3) is 11.0 Å². The number of amides is 2. The van der Waals surface area contributed by atoms with Gasteiger partial charge in [0.25, 0.3) is 0 Å². The zero-order valence-electron chi connectivity index (χ0n) is 14.1. The fourth-order valence-electron chi connectivity index (χ4n) is 2.96. The van der Waals surface area contributed by atoms with Crippen molar-refractivity contribution >= 4 is 23.0 Å². The molecule has 2 heterocycles. The lowest BCUT2D eigenvalue weighted by Gasteiger charge is -2.34. The van der Waals surface area contributed by atoms with E-state index in [-0.39, 0.29) is 12.0 Å². The van der Waals surface area contributed by atoms with Crippen LogP contribution in [0.1, 0.15) is 18.1 Å². The second-order valence-corrected chi connectivity index (χ2v) is 6.00. The number of carbonyl (C=O) groups excluding carboxylic acids is 2. The first-order chi connectivity index (χ1) is 11.6. The van der Waals surface area contributed by atoms with Gasteiger partial charge in [0.2, 0.25) is 5.91 Å². The number of piperazine rings is 1. The number of aryl methyl sites for hydroxylation is 1. The van der Waals surface area contributed by atoms with E-state index in [4.69, 9.17) is 9.15 Å². The maximum Gasteiger partial charge on any atom is 0.409 e. The Balaban J connectivity index is 1.61. The number of rotatable bonds is 3. The summed E-state index contributed by atoms with van der Waals surface area (Å²) in [4.78, 5) is 27.7. The molecule has 0 N–H and O–H groups in total. The first-order valence-electron chi connectivity index (χ1n) is 8.24. The summed E-state index contributed by atoms with van der Waals surface area (Å²) in [5, 5.41) is 0.994. The summed E-state index contributed by atoms with van der Waals surface area (Å²) < 4.78 is 10.5. The van der Waals surface area contributed by atoms with Gasteiger partial charge in [-0.25, -0.2) is 4.79 Å². The molecule has 128 valence electrons. The Morgan fingerprint density at radius 2 is 1.88 bits per heavy atom. The summed E-state index contributed by atoms with van der Waals surface area (Å²) in [5.41, 5.74) is 2.85. The highest BCUT2D eigenvalue weighted by molar-refractivity contribution is 5.88. The smallest absolute Gasteiger partial charge is 0.409 e. The van der Waals surface area contributed by atoms with Gasteiger partial charge in [-0.1, -0.05) is 11.6 Å². The summed E-state index contributed by atoms with van der Waals surface area (Å²) >= 11 is 0. The molecular formula is C18H22N2O4. The number of nitrogens with zero attached hydrogens (tertiary/aromatic N) is 2. The molecule has 1 aliphatic rings. The molecule has 0 bridgehead atoms. The molecule has 1 aromatic carbocycles. The van der Waals surface area contributed by atoms with Crippen LogP contribution in [0.15, 0.2) is 28.9 Å². The Bertz CT molecular complexity index is 745. The van der Waals surface area contributed by atoms with Gasteiger partial charge in [0.15, 0.2) is 0 Å². The summed E-state index contributed by atoms with van der Waals surface area (Å²) in [6.07, 6.45) is 1.67. The molecule has 1 saturated heterocycles. The number of benzene rings is 1. The van der Waals surface area contributed by atoms with Crippen LogP contribution in [0.2, 0.25) is 0 Å². The Hall–Kier alpha value is -2.50. The van der Waals surface area contributed by atoms with Crippen molar-refractivity contribution in [2.75, 3.05) is 32.8 Å². The third-order valence-electron chi connectivity index (χ3n) is 4.31. The number of hydrogen-bond acceptors (Lipinski definition) is 4. The molecule has 2 amide bonds. The fraction of sp³-hybridized carbons (Fsp3) is 0.444. The molecule has 1 aromatic heterocycles. The van der Waals surface area contributed by atoms with Gasteiger partial charge in [0, 0.05) is 37.1 Å². The van der Waals surface area contributed by atoms with Gasteiger partial charge in [-0.2, -0.15) is 0 Å². The molecule has 1 aliphatic heterocycles. The predicted octanol–water partition coefficient (Wildman–Crippen LogP) is 2.58. The third kappa shape index (κ3) is 3.37. The first-order valence-corrected chi connectivity index (χ1v) is 8.24. The topological polar surface area (TPSA) is 63.0 Å². The van der Waals surface area contributed by atoms with E-state index in [0.29, 0.717) is 39.2 Å². The maximum absolute atomic E-state index is 12.5. The average molecular weight is 330 g/mol. The average Bonchev–Trinajstić information content (AvgIpc) is 2.97. The van der Waals surface area contributed by atoms with Gasteiger partial charge >= 0.3 is 6.09 Å². The van der Waals surface area contributed by atoms with Crippen molar-refractivity contribution in [3.63, 3.8) is 0 Å². The van der Waals surface area contributed by atoms with E-state index in [1.807, 2.05) is 25.1 Å². The molecule has 0 aliphatic carbocycles. The van der Waals surface area contributed by atoms with Crippen LogP contribution < -0.4 is 0 Å². The first kappa shape index (κ1) is 16.4. The Morgan fingerprint density at radius 3 is 2.58 bits per heavy atom. The summed E-state index contributed by atoms with van der Waals surface area (Å²) in [5.74, 6) is 0.0581. The van der Waals surface area contributed by atoms with E-state index < -0.39 is 0 Å². The molecule has 0 unspecified atom stereocenters. The zero-order valence-corrected chi connectivity index (χ0v) is 14.1. The number of ether oxygens (including phenoxy) is 1. The number of carbonyl (C=O) groups is 2. The van der Waals surface area contributed by atoms with E-state index in [9.17, 15) is 9.59 Å². The maximum atomic E-state index is 12.5. The zero-order chi connectivity index (χ0) is 17.1. The lowest BCUT2D eigenvalue weighted by molar-refractivity contribution is -0.132. The highest BCUT2D eigenvalue weighted by Gasteiger charge is 2.25. The number of hydrogen-bond donors (Lipinski definition) is 0. The van der Waals surface area contributed by atoms with Crippen molar-refractivity contribution in [2.45, 2.75) is 20.3 Å². The highest BCUT2D eigenvalue weighted by Crippen LogP contribution is 2.23. The second kappa shape index (κ2) is 6.95. The second-order valence-electron chi connectivity index (χ2n) is 6.00. The van der Waals surface area contributed by atoms with E-state index in [0.717, 1.165) is 22.1 Å². The van der Waals surface area contributed by atoms with Crippen molar-refractivity contribution < 1.29 is 18.7 Å². The Labute approximate surface area is 141 Å². The van der Waals surface area contributed by atoms with Crippen molar-refractivity contribution in [3.05, 3.63) is 35.6 Å². The van der Waals surface area contributed by atoms with Crippen molar-refractivity contribution in [3.8, 4) is 0 Å². The van der Waals surface area contributed by atoms with Crippen LogP contribution >= 0.6 is 0 Å². The molecule has 2 aromatic rings. The molecule has 6 heteroatoms. The van der Waals surface area contributed by atoms with Crippen LogP contribution in [-0.2, 0) is 16.0 Å². The summed E-state index contributed by atoms with van der Waals surface area (Å²) in [7, 11) is 0. The molecule has 1 fully saturated rings. The normalized spacial score (nSPS) is 14.9. The van der Waals surface area contributed by atoms with E-state index in [1.54, 1.807) is 23.0 Å². The van der Waals surface area contributed by atoms with Gasteiger partial charge in [0.1, 0.15) is 5.58 Å². The number of fused-ring (bicyclic) bond motifs is 1. The fourth-order valence-corrected chi connectivity index (χ4v) is 2.96. The van der Waals surface area contributed by atoms with Crippen LogP contribution in [0, 0.1) is 6.92 Å². The van der Waals surface area contributed by atoms with Gasteiger partial charge in [0.05, 0.1) is 19.3 Å². The van der Waals surface area contributed by atoms with E-state index in [2.05, 4.69) is 0 Å². The molecule has 3 rings (SSSR count). The van der Waals surface area contributed by atoms with Crippen LogP contribution in [-0.4, -0.2) is 54.6 Å². The minimum absolute atomic E-state index is 0.0581. The molecule has 0 atom stereocenters. The molecule has 0 saturated carbocycles. The van der Waals surface area contributed by atoms with Gasteiger partial charge in [-0.05, 0) is 26.0 Å². The molecule has 0 radical (unpaired) electrons. The van der Waals surface area contributed by atoms with Crippen LogP contribution in [0.5, 0.6) is 0 Å². The standard InChI is InChI=1S/C18H22N2O4/c1-3-23-18(22)20-8-6-19(7-9-20)17(21)11-14-12-24-16-5-4-13(2)10-15(14)16/h4-5,10,12H,3,6-9,11H2,1-2H3. The third-order valence-corrected chi connectivity index (χ3v) is 4.31. The molecule has 0 spiro atoms. The lowest BCUT2D eigenvalue weighted by atomic mass is 10.1. The van der Waals surface area contributed by atoms with Gasteiger partial charge < -0.3 is 19.0 Å². The van der Waals surface area contributed by atoms with E-state index >= 15 is 0 Å². The SMILES string of the molecule is CCOC(=O)N1CCN(C(=O)Cc2coc3ccc(C)cc23)CC1. The van der Waals surface area contributed by atoms with Crippen molar-refractivity contribution in [1.82, 2.24) is 9.80 Å². The summed E-state index contributed by atoms with van der Waals surface area (Å²) in [6, 6.07) is 5.96. The largest absolute Gasteiger partial charge is 0.464 e. The van der Waals surface area contributed by atoms with Gasteiger partial charge in [-0.3, -0.25) is 4.79 Å². The molecule has 24 heavy (non-hydrogen) atoms. The van der Waals surface area contributed by atoms with Crippen LogP contribution in [0.3, 0.4) is 0 Å². The number of furan rings is 1. The lowest BCUT2D eigenvalue weighted by Crippen LogP contribution is -2.51. The van der Waals surface area contributed by atoms with Gasteiger partial charge in [-0.15, -0.1) is 0 Å². The minimum Gasteiger partial charge on any atom is -0.464 e. The monoisotopic (exact) mass is 330 g/mol. The predicted molar refractivity (Wildman–Crippen MR) is 89.8 cm³/mol. The van der Waals surface area contributed by atoms with Crippen LogP contribution in [0.4, 0.5) is 4.79 Å². The van der Waals surface area contributed by atoms with E-state index in [1.165, 1.54) is 0 Å². The quantitative estimate of drug-likeness (QED) is 0.868. The molecular weight excluding hydrogens is 308 g/mol. The van der Waals surface area contributed by atoms with Crippen molar-refractivity contribution in [2.24, 2.45) is 0 Å².